The monoisotopic (exact) mass is 501 g/mol. The predicted octanol–water partition coefficient (Wildman–Crippen LogP) is 5.72. The number of aromatic nitrogens is 4. The zero-order valence-corrected chi connectivity index (χ0v) is 19.9. The lowest BCUT2D eigenvalue weighted by atomic mass is 9.86. The molecule has 0 saturated heterocycles. The first-order valence-electron chi connectivity index (χ1n) is 12.3. The Balaban J connectivity index is 1.08. The van der Waals surface area contributed by atoms with E-state index >= 15 is 0 Å². The minimum atomic E-state index is -1.15. The highest BCUT2D eigenvalue weighted by molar-refractivity contribution is 5.94. The number of hydrogen-bond donors (Lipinski definition) is 3. The summed E-state index contributed by atoms with van der Waals surface area (Å²) in [6, 6.07) is 12.4. The van der Waals surface area contributed by atoms with E-state index in [9.17, 15) is 18.7 Å². The number of aromatic amines is 1. The van der Waals surface area contributed by atoms with Gasteiger partial charge in [0.2, 0.25) is 0 Å². The van der Waals surface area contributed by atoms with Crippen LogP contribution in [-0.2, 0) is 0 Å². The van der Waals surface area contributed by atoms with Crippen LogP contribution >= 0.6 is 0 Å². The fourth-order valence-electron chi connectivity index (χ4n) is 5.15. The van der Waals surface area contributed by atoms with E-state index in [0.717, 1.165) is 70.9 Å². The molecule has 2 aromatic carbocycles. The van der Waals surface area contributed by atoms with Crippen LogP contribution in [0.4, 0.5) is 8.78 Å². The average Bonchev–Trinajstić information content (AvgIpc) is 3.56. The van der Waals surface area contributed by atoms with Crippen LogP contribution in [0, 0.1) is 17.6 Å². The Kier molecular flexibility index (Phi) is 5.82. The Morgan fingerprint density at radius 3 is 2.59 bits per heavy atom. The zero-order chi connectivity index (χ0) is 25.5. The third kappa shape index (κ3) is 4.52. The molecule has 9 heteroatoms. The van der Waals surface area contributed by atoms with Crippen LogP contribution in [0.1, 0.15) is 42.1 Å². The van der Waals surface area contributed by atoms with E-state index < -0.39 is 23.3 Å². The molecule has 37 heavy (non-hydrogen) atoms. The van der Waals surface area contributed by atoms with Crippen molar-refractivity contribution < 1.29 is 18.7 Å². The number of amides is 1. The Morgan fingerprint density at radius 1 is 1.03 bits per heavy atom. The van der Waals surface area contributed by atoms with Gasteiger partial charge in [-0.2, -0.15) is 5.10 Å². The first-order valence-corrected chi connectivity index (χ1v) is 12.3. The van der Waals surface area contributed by atoms with E-state index in [1.807, 2.05) is 18.5 Å². The molecular formula is C28H25F2N5O2. The lowest BCUT2D eigenvalue weighted by Gasteiger charge is -2.28. The second kappa shape index (κ2) is 9.31. The van der Waals surface area contributed by atoms with Crippen molar-refractivity contribution >= 4 is 27.8 Å². The normalized spacial score (nSPS) is 17.9. The number of rotatable bonds is 5. The van der Waals surface area contributed by atoms with Crippen molar-refractivity contribution in [1.82, 2.24) is 25.1 Å². The van der Waals surface area contributed by atoms with Crippen molar-refractivity contribution in [3.63, 3.8) is 0 Å². The molecule has 0 radical (unpaired) electrons. The van der Waals surface area contributed by atoms with Crippen LogP contribution in [0.3, 0.4) is 0 Å². The van der Waals surface area contributed by atoms with Gasteiger partial charge in [0.1, 0.15) is 5.65 Å². The number of aromatic hydroxyl groups is 1. The number of nitrogens with one attached hydrogen (secondary N) is 2. The van der Waals surface area contributed by atoms with Gasteiger partial charge in [-0.3, -0.25) is 9.48 Å². The number of H-pyrrole nitrogens is 1. The number of pyridine rings is 1. The van der Waals surface area contributed by atoms with Gasteiger partial charge in [-0.1, -0.05) is 12.1 Å². The number of nitrogens with zero attached hydrogens (tertiary/aromatic N) is 3. The maximum atomic E-state index is 13.5. The molecule has 1 aliphatic carbocycles. The molecule has 3 aromatic heterocycles. The molecule has 0 unspecified atom stereocenters. The zero-order valence-electron chi connectivity index (χ0n) is 19.9. The lowest BCUT2D eigenvalue weighted by Crippen LogP contribution is -2.31. The third-order valence-corrected chi connectivity index (χ3v) is 7.28. The van der Waals surface area contributed by atoms with Crippen LogP contribution in [-0.4, -0.2) is 37.3 Å². The van der Waals surface area contributed by atoms with Gasteiger partial charge >= 0.3 is 0 Å². The molecule has 0 atom stereocenters. The molecule has 5 aromatic rings. The van der Waals surface area contributed by atoms with Gasteiger partial charge in [0.05, 0.1) is 11.6 Å². The highest BCUT2D eigenvalue weighted by atomic mass is 19.1. The predicted molar refractivity (Wildman–Crippen MR) is 136 cm³/mol. The van der Waals surface area contributed by atoms with Gasteiger partial charge in [-0.15, -0.1) is 0 Å². The van der Waals surface area contributed by atoms with Crippen LogP contribution in [0.15, 0.2) is 61.1 Å². The van der Waals surface area contributed by atoms with Crippen LogP contribution in [0.5, 0.6) is 5.75 Å². The summed E-state index contributed by atoms with van der Waals surface area (Å²) < 4.78 is 29.1. The molecule has 188 valence electrons. The second-order valence-electron chi connectivity index (χ2n) is 9.70. The summed E-state index contributed by atoms with van der Waals surface area (Å²) in [4.78, 5) is 19.9. The van der Waals surface area contributed by atoms with Crippen molar-refractivity contribution in [3.05, 3.63) is 78.3 Å². The number of fused-ring (bicyclic) bond motifs is 2. The number of hydrogen-bond acceptors (Lipinski definition) is 4. The highest BCUT2D eigenvalue weighted by Crippen LogP contribution is 2.33. The van der Waals surface area contributed by atoms with E-state index in [1.54, 1.807) is 0 Å². The van der Waals surface area contributed by atoms with E-state index in [-0.39, 0.29) is 17.5 Å². The number of phenols is 1. The Hall–Kier alpha value is -4.27. The topological polar surface area (TPSA) is 95.8 Å². The van der Waals surface area contributed by atoms with Crippen molar-refractivity contribution in [2.75, 3.05) is 6.54 Å². The number of halogens is 2. The first kappa shape index (κ1) is 23.1. The van der Waals surface area contributed by atoms with Crippen molar-refractivity contribution in [3.8, 4) is 16.9 Å². The van der Waals surface area contributed by atoms with Gasteiger partial charge in [0.25, 0.3) is 5.91 Å². The molecule has 0 bridgehead atoms. The van der Waals surface area contributed by atoms with Crippen molar-refractivity contribution in [2.24, 2.45) is 5.92 Å². The average molecular weight is 502 g/mol. The molecule has 1 amide bonds. The summed E-state index contributed by atoms with van der Waals surface area (Å²) in [7, 11) is 0. The van der Waals surface area contributed by atoms with E-state index in [1.165, 1.54) is 0 Å². The standard InChI is InChI=1S/C28H25F2N5O2/c29-23-10-20(11-24(30)26(23)36)28(37)33-13-16-1-5-22(6-2-16)35-15-19-4-3-17(12-25(19)34-35)21-9-18-7-8-31-27(18)32-14-21/h3-4,7-12,14-16,22,36H,1-2,5-6,13H2,(H,31,32)(H,33,37)/t16-,22-. The molecule has 0 aliphatic heterocycles. The minimum Gasteiger partial charge on any atom is -0.503 e. The number of carbonyl (C=O) groups excluding carboxylic acids is 1. The maximum Gasteiger partial charge on any atom is 0.251 e. The SMILES string of the molecule is O=C(NC[C@H]1CC[C@H](n2cc3ccc(-c4cnc5[nH]ccc5c4)cc3n2)CC1)c1cc(F)c(O)c(F)c1. The molecule has 3 N–H and O–H groups in total. The molecule has 1 fully saturated rings. The smallest absolute Gasteiger partial charge is 0.251 e. The summed E-state index contributed by atoms with van der Waals surface area (Å²) in [6.07, 6.45) is 9.52. The summed E-state index contributed by atoms with van der Waals surface area (Å²) in [5.41, 5.74) is 3.78. The number of phenolic OH excluding ortho intramolecular Hbond substituents is 1. The first-order chi connectivity index (χ1) is 17.9. The summed E-state index contributed by atoms with van der Waals surface area (Å²) in [5, 5.41) is 19.0. The Labute approximate surface area is 211 Å². The van der Waals surface area contributed by atoms with Gasteiger partial charge in [0.15, 0.2) is 17.4 Å². The van der Waals surface area contributed by atoms with Crippen molar-refractivity contribution in [2.45, 2.75) is 31.7 Å². The number of benzene rings is 2. The molecule has 1 saturated carbocycles. The second-order valence-corrected chi connectivity index (χ2v) is 9.70. The quantitative estimate of drug-likeness (QED) is 0.287. The molecule has 1 aliphatic rings. The fraction of sp³-hybridized carbons (Fsp3) is 0.250. The summed E-state index contributed by atoms with van der Waals surface area (Å²) in [5.74, 6) is -3.66. The van der Waals surface area contributed by atoms with Gasteiger partial charge in [0, 0.05) is 47.0 Å². The summed E-state index contributed by atoms with van der Waals surface area (Å²) >= 11 is 0. The third-order valence-electron chi connectivity index (χ3n) is 7.28. The largest absolute Gasteiger partial charge is 0.503 e. The Morgan fingerprint density at radius 2 is 1.81 bits per heavy atom. The van der Waals surface area contributed by atoms with E-state index in [0.29, 0.717) is 6.54 Å². The number of carbonyl (C=O) groups is 1. The maximum absolute atomic E-state index is 13.5. The lowest BCUT2D eigenvalue weighted by molar-refractivity contribution is 0.0940. The fourth-order valence-corrected chi connectivity index (χ4v) is 5.15. The van der Waals surface area contributed by atoms with Crippen LogP contribution < -0.4 is 5.32 Å². The minimum absolute atomic E-state index is 0.145. The van der Waals surface area contributed by atoms with Gasteiger partial charge in [-0.05, 0) is 67.5 Å². The summed E-state index contributed by atoms with van der Waals surface area (Å²) in [6.45, 7) is 0.430. The van der Waals surface area contributed by atoms with Crippen molar-refractivity contribution in [1.29, 1.82) is 0 Å². The van der Waals surface area contributed by atoms with E-state index in [2.05, 4.69) is 50.4 Å². The van der Waals surface area contributed by atoms with E-state index in [4.69, 9.17) is 5.10 Å². The highest BCUT2D eigenvalue weighted by Gasteiger charge is 2.24. The molecule has 6 rings (SSSR count). The Bertz CT molecular complexity index is 1590. The molecule has 0 spiro atoms. The van der Waals surface area contributed by atoms with Gasteiger partial charge in [-0.25, -0.2) is 13.8 Å². The van der Waals surface area contributed by atoms with Crippen LogP contribution in [0.2, 0.25) is 0 Å². The van der Waals surface area contributed by atoms with Gasteiger partial charge < -0.3 is 15.4 Å². The molecule has 3 heterocycles. The molecular weight excluding hydrogens is 476 g/mol. The van der Waals surface area contributed by atoms with Crippen LogP contribution in [0.25, 0.3) is 33.1 Å². The molecule has 7 nitrogen and oxygen atoms in total.